The number of aromatic nitrogens is 2. The smallest absolute Gasteiger partial charge is 0.276 e. The molecule has 0 saturated carbocycles. The predicted molar refractivity (Wildman–Crippen MR) is 116 cm³/mol. The van der Waals surface area contributed by atoms with E-state index in [2.05, 4.69) is 15.3 Å². The average Bonchev–Trinajstić information content (AvgIpc) is 2.75. The lowest BCUT2D eigenvalue weighted by Crippen LogP contribution is -2.17. The summed E-state index contributed by atoms with van der Waals surface area (Å²) < 4.78 is 14.2. The highest BCUT2D eigenvalue weighted by atomic mass is 19.1. The topological polar surface area (TPSA) is 80.9 Å². The molecule has 0 aliphatic heterocycles. The zero-order valence-electron chi connectivity index (χ0n) is 16.3. The number of nitrogen functional groups attached to an aromatic ring is 1. The van der Waals surface area contributed by atoms with Crippen LogP contribution in [0.1, 0.15) is 16.1 Å². The first kappa shape index (κ1) is 19.3. The lowest BCUT2D eigenvalue weighted by molar-refractivity contribution is 0.102. The van der Waals surface area contributed by atoms with E-state index in [4.69, 9.17) is 5.73 Å². The highest BCUT2D eigenvalue weighted by Crippen LogP contribution is 2.30. The first-order valence-corrected chi connectivity index (χ1v) is 9.37. The summed E-state index contributed by atoms with van der Waals surface area (Å²) in [6.07, 6.45) is 3.25. The first-order chi connectivity index (χ1) is 14.5. The van der Waals surface area contributed by atoms with Crippen molar-refractivity contribution in [2.45, 2.75) is 6.92 Å². The molecule has 2 aromatic carbocycles. The first-order valence-electron chi connectivity index (χ1n) is 9.37. The van der Waals surface area contributed by atoms with Crippen molar-refractivity contribution in [1.29, 1.82) is 0 Å². The van der Waals surface area contributed by atoms with Gasteiger partial charge in [-0.3, -0.25) is 9.78 Å². The highest BCUT2D eigenvalue weighted by Gasteiger charge is 2.17. The Morgan fingerprint density at radius 1 is 0.933 bits per heavy atom. The van der Waals surface area contributed by atoms with Crippen molar-refractivity contribution in [3.63, 3.8) is 0 Å². The van der Waals surface area contributed by atoms with Crippen LogP contribution in [0.2, 0.25) is 0 Å². The number of aryl methyl sites for hydroxylation is 1. The van der Waals surface area contributed by atoms with E-state index >= 15 is 0 Å². The third kappa shape index (κ3) is 3.75. The van der Waals surface area contributed by atoms with E-state index in [1.165, 1.54) is 6.07 Å². The summed E-state index contributed by atoms with van der Waals surface area (Å²) >= 11 is 0. The number of halogens is 1. The number of nitrogens with zero attached hydrogens (tertiary/aromatic N) is 2. The number of hydrogen-bond donors (Lipinski definition) is 2. The third-order valence-electron chi connectivity index (χ3n) is 4.80. The van der Waals surface area contributed by atoms with E-state index in [1.54, 1.807) is 42.7 Å². The molecule has 1 amide bonds. The quantitative estimate of drug-likeness (QED) is 0.502. The summed E-state index contributed by atoms with van der Waals surface area (Å²) in [5.74, 6) is -0.913. The van der Waals surface area contributed by atoms with Crippen molar-refractivity contribution in [2.24, 2.45) is 0 Å². The molecule has 0 aliphatic carbocycles. The number of amides is 1. The van der Waals surface area contributed by atoms with Crippen LogP contribution in [0.3, 0.4) is 0 Å². The molecule has 0 atom stereocenters. The number of nitrogens with two attached hydrogens (primary N) is 1. The summed E-state index contributed by atoms with van der Waals surface area (Å²) in [5, 5.41) is 2.85. The molecule has 2 heterocycles. The van der Waals surface area contributed by atoms with Gasteiger partial charge in [0.15, 0.2) is 5.69 Å². The molecule has 0 radical (unpaired) electrons. The Labute approximate surface area is 173 Å². The number of benzene rings is 2. The lowest BCUT2D eigenvalue weighted by atomic mass is 10.0. The molecule has 2 aromatic heterocycles. The molecule has 148 valence electrons. The molecule has 0 saturated heterocycles. The van der Waals surface area contributed by atoms with Gasteiger partial charge in [-0.1, -0.05) is 36.4 Å². The number of pyridine rings is 2. The van der Waals surface area contributed by atoms with E-state index < -0.39 is 11.7 Å². The van der Waals surface area contributed by atoms with E-state index in [9.17, 15) is 9.18 Å². The number of hydrogen-bond acceptors (Lipinski definition) is 4. The normalized spacial score (nSPS) is 10.6. The van der Waals surface area contributed by atoms with Gasteiger partial charge in [0.2, 0.25) is 0 Å². The second kappa shape index (κ2) is 8.13. The van der Waals surface area contributed by atoms with E-state index in [0.29, 0.717) is 16.9 Å². The van der Waals surface area contributed by atoms with Crippen LogP contribution in [0.4, 0.5) is 15.8 Å². The van der Waals surface area contributed by atoms with E-state index in [-0.39, 0.29) is 11.4 Å². The Morgan fingerprint density at radius 2 is 1.67 bits per heavy atom. The summed E-state index contributed by atoms with van der Waals surface area (Å²) in [6, 6.07) is 19.1. The molecular formula is C24H19FN4O. The predicted octanol–water partition coefficient (Wildman–Crippen LogP) is 5.09. The second-order valence-electron chi connectivity index (χ2n) is 6.80. The van der Waals surface area contributed by atoms with Gasteiger partial charge in [0.05, 0.1) is 23.3 Å². The second-order valence-corrected chi connectivity index (χ2v) is 6.80. The Kier molecular flexibility index (Phi) is 5.22. The van der Waals surface area contributed by atoms with Crippen molar-refractivity contribution in [3.05, 3.63) is 96.2 Å². The molecule has 0 aliphatic rings. The minimum atomic E-state index is -0.492. The number of rotatable bonds is 4. The van der Waals surface area contributed by atoms with E-state index in [1.807, 2.05) is 37.3 Å². The van der Waals surface area contributed by atoms with Gasteiger partial charge < -0.3 is 11.1 Å². The fourth-order valence-electron chi connectivity index (χ4n) is 3.26. The molecule has 0 fully saturated rings. The molecular weight excluding hydrogens is 379 g/mol. The molecule has 6 heteroatoms. The van der Waals surface area contributed by atoms with Gasteiger partial charge in [-0.25, -0.2) is 9.37 Å². The molecule has 0 unspecified atom stereocenters. The maximum Gasteiger partial charge on any atom is 0.276 e. The fraction of sp³-hybridized carbons (Fsp3) is 0.0417. The average molecular weight is 398 g/mol. The van der Waals surface area contributed by atoms with Crippen molar-refractivity contribution in [2.75, 3.05) is 11.1 Å². The number of carbonyl (C=O) groups excluding carboxylic acids is 1. The lowest BCUT2D eigenvalue weighted by Gasteiger charge is -2.13. The third-order valence-corrected chi connectivity index (χ3v) is 4.80. The molecule has 5 nitrogen and oxygen atoms in total. The Balaban J connectivity index is 1.70. The van der Waals surface area contributed by atoms with Crippen LogP contribution >= 0.6 is 0 Å². The number of carbonyl (C=O) groups is 1. The van der Waals surface area contributed by atoms with Gasteiger partial charge in [0, 0.05) is 17.3 Å². The molecule has 4 aromatic rings. The Hall–Kier alpha value is -4.06. The maximum atomic E-state index is 14.2. The minimum absolute atomic E-state index is 0.0235. The molecule has 0 spiro atoms. The highest BCUT2D eigenvalue weighted by molar-refractivity contribution is 6.08. The van der Waals surface area contributed by atoms with Gasteiger partial charge in [-0.05, 0) is 48.4 Å². The van der Waals surface area contributed by atoms with Crippen LogP contribution in [-0.4, -0.2) is 15.9 Å². The standard InChI is InChI=1S/C24H19FN4O/c1-15-6-2-3-7-16(15)17-12-13-27-14-22(17)29-24(30)23-20(26)10-11-21(28-23)18-8-4-5-9-19(18)25/h2-14H,26H2,1H3,(H,29,30). The Bertz CT molecular complexity index is 1240. The fourth-order valence-corrected chi connectivity index (χ4v) is 3.26. The van der Waals surface area contributed by atoms with Crippen molar-refractivity contribution in [1.82, 2.24) is 9.97 Å². The zero-order valence-corrected chi connectivity index (χ0v) is 16.3. The van der Waals surface area contributed by atoms with Gasteiger partial charge in [-0.2, -0.15) is 0 Å². The van der Waals surface area contributed by atoms with Crippen molar-refractivity contribution < 1.29 is 9.18 Å². The molecule has 30 heavy (non-hydrogen) atoms. The van der Waals surface area contributed by atoms with Gasteiger partial charge >= 0.3 is 0 Å². The molecule has 0 bridgehead atoms. The zero-order chi connectivity index (χ0) is 21.1. The van der Waals surface area contributed by atoms with Crippen LogP contribution < -0.4 is 11.1 Å². The summed E-state index contributed by atoms with van der Waals surface area (Å²) in [5.41, 5.74) is 10.3. The van der Waals surface area contributed by atoms with Crippen molar-refractivity contribution >= 4 is 17.3 Å². The minimum Gasteiger partial charge on any atom is -0.397 e. The number of nitrogens with one attached hydrogen (secondary N) is 1. The van der Waals surface area contributed by atoms with Crippen LogP contribution in [0.25, 0.3) is 22.4 Å². The summed E-state index contributed by atoms with van der Waals surface area (Å²) in [4.78, 5) is 21.4. The van der Waals surface area contributed by atoms with Crippen molar-refractivity contribution in [3.8, 4) is 22.4 Å². The summed E-state index contributed by atoms with van der Waals surface area (Å²) in [6.45, 7) is 2.00. The monoisotopic (exact) mass is 398 g/mol. The van der Waals surface area contributed by atoms with Crippen LogP contribution in [-0.2, 0) is 0 Å². The van der Waals surface area contributed by atoms with Crippen LogP contribution in [0.5, 0.6) is 0 Å². The van der Waals surface area contributed by atoms with Crippen LogP contribution in [0.15, 0.2) is 79.1 Å². The molecule has 4 rings (SSSR count). The van der Waals surface area contributed by atoms with Gasteiger partial charge in [0.25, 0.3) is 5.91 Å². The largest absolute Gasteiger partial charge is 0.397 e. The van der Waals surface area contributed by atoms with Gasteiger partial charge in [0.1, 0.15) is 5.82 Å². The van der Waals surface area contributed by atoms with Crippen LogP contribution in [0, 0.1) is 12.7 Å². The van der Waals surface area contributed by atoms with Gasteiger partial charge in [-0.15, -0.1) is 0 Å². The Morgan fingerprint density at radius 3 is 2.43 bits per heavy atom. The summed E-state index contributed by atoms with van der Waals surface area (Å²) in [7, 11) is 0. The van der Waals surface area contributed by atoms with E-state index in [0.717, 1.165) is 16.7 Å². The maximum absolute atomic E-state index is 14.2. The SMILES string of the molecule is Cc1ccccc1-c1ccncc1NC(=O)c1nc(-c2ccccc2F)ccc1N. The number of anilines is 2. The molecule has 3 N–H and O–H groups in total.